The molecule has 2 aromatic rings. The Balaban J connectivity index is 1.40. The van der Waals surface area contributed by atoms with Crippen LogP contribution in [0.4, 0.5) is 5.69 Å². The summed E-state index contributed by atoms with van der Waals surface area (Å²) < 4.78 is 0. The summed E-state index contributed by atoms with van der Waals surface area (Å²) in [6, 6.07) is 17.7. The quantitative estimate of drug-likeness (QED) is 0.774. The highest BCUT2D eigenvalue weighted by Crippen LogP contribution is 2.14. The lowest BCUT2D eigenvalue weighted by Crippen LogP contribution is -2.29. The number of anilines is 1. The maximum absolute atomic E-state index is 12.0. The normalized spacial score (nSPS) is 14.7. The second kappa shape index (κ2) is 10.5. The fourth-order valence-corrected chi connectivity index (χ4v) is 3.42. The van der Waals surface area contributed by atoms with Crippen LogP contribution in [0.1, 0.15) is 42.4 Å². The van der Waals surface area contributed by atoms with Crippen LogP contribution in [0.25, 0.3) is 0 Å². The van der Waals surface area contributed by atoms with Crippen LogP contribution in [0, 0.1) is 11.3 Å². The van der Waals surface area contributed by atoms with Crippen molar-refractivity contribution in [2.75, 3.05) is 25.0 Å². The fourth-order valence-electron chi connectivity index (χ4n) is 3.42. The molecule has 0 radical (unpaired) electrons. The topological polar surface area (TPSA) is 68.2 Å². The maximum atomic E-state index is 12.0. The summed E-state index contributed by atoms with van der Waals surface area (Å²) in [6.07, 6.45) is 5.32. The molecule has 5 nitrogen and oxygen atoms in total. The minimum absolute atomic E-state index is 0.0574. The molecule has 0 aromatic heterocycles. The lowest BCUT2D eigenvalue weighted by molar-refractivity contribution is -0.119. The van der Waals surface area contributed by atoms with E-state index in [2.05, 4.69) is 45.9 Å². The number of benzene rings is 2. The van der Waals surface area contributed by atoms with Crippen LogP contribution >= 0.6 is 0 Å². The smallest absolute Gasteiger partial charge is 0.239 e. The van der Waals surface area contributed by atoms with E-state index >= 15 is 0 Å². The summed E-state index contributed by atoms with van der Waals surface area (Å²) in [6.45, 7) is 4.14. The SMILES string of the molecule is N#Cc1ccc(NCC(=O)NCc2ccc(CN3CCCCCC3)cc2)cc1. The number of likely N-dealkylation sites (tertiary alicyclic amines) is 1. The van der Waals surface area contributed by atoms with Crippen molar-refractivity contribution in [1.82, 2.24) is 10.2 Å². The number of nitrogens with zero attached hydrogens (tertiary/aromatic N) is 2. The Labute approximate surface area is 167 Å². The highest BCUT2D eigenvalue weighted by atomic mass is 16.1. The average Bonchev–Trinajstić information content (AvgIpc) is 3.01. The number of rotatable bonds is 7. The fraction of sp³-hybridized carbons (Fsp3) is 0.391. The third kappa shape index (κ3) is 6.40. The van der Waals surface area contributed by atoms with Crippen molar-refractivity contribution in [3.63, 3.8) is 0 Å². The molecule has 1 amide bonds. The van der Waals surface area contributed by atoms with E-state index in [1.54, 1.807) is 24.3 Å². The van der Waals surface area contributed by atoms with Gasteiger partial charge in [-0.05, 0) is 61.3 Å². The molecule has 0 aliphatic carbocycles. The van der Waals surface area contributed by atoms with Gasteiger partial charge in [0.1, 0.15) is 0 Å². The van der Waals surface area contributed by atoms with E-state index in [0.29, 0.717) is 12.1 Å². The number of nitriles is 1. The second-order valence-electron chi connectivity index (χ2n) is 7.33. The molecule has 0 spiro atoms. The van der Waals surface area contributed by atoms with Gasteiger partial charge in [0.05, 0.1) is 18.2 Å². The minimum Gasteiger partial charge on any atom is -0.376 e. The number of amides is 1. The Morgan fingerprint density at radius 1 is 0.929 bits per heavy atom. The minimum atomic E-state index is -0.0574. The first-order valence-electron chi connectivity index (χ1n) is 10.0. The standard InChI is InChI=1S/C23H28N4O/c24-15-19-9-11-22(12-10-19)25-17-23(28)26-16-20-5-7-21(8-6-20)18-27-13-3-1-2-4-14-27/h5-12,25H,1-4,13-14,16-18H2,(H,26,28). The van der Waals surface area contributed by atoms with Crippen molar-refractivity contribution in [2.24, 2.45) is 0 Å². The molecule has 1 aliphatic heterocycles. The van der Waals surface area contributed by atoms with Crippen molar-refractivity contribution in [3.8, 4) is 6.07 Å². The monoisotopic (exact) mass is 376 g/mol. The molecule has 1 fully saturated rings. The van der Waals surface area contributed by atoms with Gasteiger partial charge in [-0.2, -0.15) is 5.26 Å². The van der Waals surface area contributed by atoms with Gasteiger partial charge in [0.15, 0.2) is 0 Å². The number of carbonyl (C=O) groups is 1. The first kappa shape index (κ1) is 19.9. The molecular formula is C23H28N4O. The largest absolute Gasteiger partial charge is 0.376 e. The summed E-state index contributed by atoms with van der Waals surface area (Å²) in [5.74, 6) is -0.0574. The first-order valence-corrected chi connectivity index (χ1v) is 10.0. The van der Waals surface area contributed by atoms with Crippen LogP contribution in [0.15, 0.2) is 48.5 Å². The number of hydrogen-bond acceptors (Lipinski definition) is 4. The molecule has 0 atom stereocenters. The maximum Gasteiger partial charge on any atom is 0.239 e. The Hall–Kier alpha value is -2.84. The Morgan fingerprint density at radius 2 is 1.57 bits per heavy atom. The van der Waals surface area contributed by atoms with Crippen LogP contribution in [0.5, 0.6) is 0 Å². The van der Waals surface area contributed by atoms with E-state index in [1.165, 1.54) is 44.3 Å². The second-order valence-corrected chi connectivity index (χ2v) is 7.33. The molecule has 0 bridgehead atoms. The molecule has 0 saturated carbocycles. The summed E-state index contributed by atoms with van der Waals surface area (Å²) in [4.78, 5) is 14.6. The Bertz CT molecular complexity index is 785. The van der Waals surface area contributed by atoms with E-state index in [0.717, 1.165) is 17.8 Å². The van der Waals surface area contributed by atoms with E-state index in [9.17, 15) is 4.79 Å². The van der Waals surface area contributed by atoms with Gasteiger partial charge in [0, 0.05) is 18.8 Å². The van der Waals surface area contributed by atoms with Crippen LogP contribution in [-0.4, -0.2) is 30.4 Å². The molecular weight excluding hydrogens is 348 g/mol. The van der Waals surface area contributed by atoms with E-state index < -0.39 is 0 Å². The molecule has 3 rings (SSSR count). The van der Waals surface area contributed by atoms with E-state index in [1.807, 2.05) is 0 Å². The highest BCUT2D eigenvalue weighted by Gasteiger charge is 2.09. The number of nitrogens with one attached hydrogen (secondary N) is 2. The number of carbonyl (C=O) groups excluding carboxylic acids is 1. The molecule has 0 unspecified atom stereocenters. The van der Waals surface area contributed by atoms with Gasteiger partial charge in [0.25, 0.3) is 0 Å². The summed E-state index contributed by atoms with van der Waals surface area (Å²) in [7, 11) is 0. The third-order valence-electron chi connectivity index (χ3n) is 5.08. The lowest BCUT2D eigenvalue weighted by atomic mass is 10.1. The van der Waals surface area contributed by atoms with Gasteiger partial charge in [-0.15, -0.1) is 0 Å². The zero-order valence-corrected chi connectivity index (χ0v) is 16.3. The predicted molar refractivity (Wildman–Crippen MR) is 112 cm³/mol. The first-order chi connectivity index (χ1) is 13.7. The van der Waals surface area contributed by atoms with Gasteiger partial charge >= 0.3 is 0 Å². The number of hydrogen-bond donors (Lipinski definition) is 2. The van der Waals surface area contributed by atoms with Crippen molar-refractivity contribution in [3.05, 3.63) is 65.2 Å². The van der Waals surface area contributed by atoms with Gasteiger partial charge in [-0.3, -0.25) is 9.69 Å². The van der Waals surface area contributed by atoms with Crippen LogP contribution in [0.2, 0.25) is 0 Å². The Kier molecular flexibility index (Phi) is 7.45. The van der Waals surface area contributed by atoms with Gasteiger partial charge < -0.3 is 10.6 Å². The van der Waals surface area contributed by atoms with Crippen molar-refractivity contribution < 1.29 is 4.79 Å². The predicted octanol–water partition coefficient (Wildman–Crippen LogP) is 3.66. The van der Waals surface area contributed by atoms with Crippen LogP contribution < -0.4 is 10.6 Å². The highest BCUT2D eigenvalue weighted by molar-refractivity contribution is 5.80. The zero-order valence-electron chi connectivity index (χ0n) is 16.3. The molecule has 146 valence electrons. The van der Waals surface area contributed by atoms with Crippen LogP contribution in [0.3, 0.4) is 0 Å². The van der Waals surface area contributed by atoms with Gasteiger partial charge in [0.2, 0.25) is 5.91 Å². The molecule has 2 N–H and O–H groups in total. The summed E-state index contributed by atoms with van der Waals surface area (Å²) in [5.41, 5.74) is 3.87. The summed E-state index contributed by atoms with van der Waals surface area (Å²) in [5, 5.41) is 14.8. The van der Waals surface area contributed by atoms with Crippen LogP contribution in [-0.2, 0) is 17.9 Å². The van der Waals surface area contributed by atoms with Crippen molar-refractivity contribution in [2.45, 2.75) is 38.8 Å². The van der Waals surface area contributed by atoms with Crippen molar-refractivity contribution in [1.29, 1.82) is 5.26 Å². The van der Waals surface area contributed by atoms with Gasteiger partial charge in [-0.1, -0.05) is 37.1 Å². The van der Waals surface area contributed by atoms with Gasteiger partial charge in [-0.25, -0.2) is 0 Å². The molecule has 1 aliphatic rings. The molecule has 1 heterocycles. The summed E-state index contributed by atoms with van der Waals surface area (Å²) >= 11 is 0. The zero-order chi connectivity index (χ0) is 19.6. The third-order valence-corrected chi connectivity index (χ3v) is 5.08. The molecule has 1 saturated heterocycles. The van der Waals surface area contributed by atoms with E-state index in [4.69, 9.17) is 5.26 Å². The Morgan fingerprint density at radius 3 is 2.21 bits per heavy atom. The van der Waals surface area contributed by atoms with E-state index in [-0.39, 0.29) is 12.5 Å². The molecule has 28 heavy (non-hydrogen) atoms. The molecule has 2 aromatic carbocycles. The van der Waals surface area contributed by atoms with Crippen molar-refractivity contribution >= 4 is 11.6 Å². The lowest BCUT2D eigenvalue weighted by Gasteiger charge is -2.19. The molecule has 5 heteroatoms. The average molecular weight is 377 g/mol.